The fourth-order valence-electron chi connectivity index (χ4n) is 3.63. The number of anilines is 1. The van der Waals surface area contributed by atoms with Crippen LogP contribution in [0.5, 0.6) is 0 Å². The molecule has 6 nitrogen and oxygen atoms in total. The Balaban J connectivity index is 1.65. The van der Waals surface area contributed by atoms with Gasteiger partial charge in [0.2, 0.25) is 0 Å². The number of piperidine rings is 1. The van der Waals surface area contributed by atoms with Gasteiger partial charge in [0, 0.05) is 30.6 Å². The molecule has 1 aliphatic heterocycles. The zero-order valence-corrected chi connectivity index (χ0v) is 16.6. The van der Waals surface area contributed by atoms with Crippen LogP contribution >= 0.6 is 0 Å². The van der Waals surface area contributed by atoms with Crippen molar-refractivity contribution in [1.29, 1.82) is 0 Å². The zero-order valence-electron chi connectivity index (χ0n) is 16.6. The maximum absolute atomic E-state index is 13.7. The van der Waals surface area contributed by atoms with Crippen molar-refractivity contribution in [3.63, 3.8) is 0 Å². The predicted octanol–water partition coefficient (Wildman–Crippen LogP) is 3.95. The van der Waals surface area contributed by atoms with Crippen molar-refractivity contribution in [1.82, 2.24) is 20.4 Å². The third-order valence-corrected chi connectivity index (χ3v) is 5.13. The Hall–Kier alpha value is -2.54. The van der Waals surface area contributed by atoms with Gasteiger partial charge in [0.25, 0.3) is 5.89 Å². The number of halogens is 1. The molecule has 3 heterocycles. The second kappa shape index (κ2) is 7.83. The van der Waals surface area contributed by atoms with E-state index in [1.165, 1.54) is 12.1 Å². The van der Waals surface area contributed by atoms with Gasteiger partial charge in [0.05, 0.1) is 11.1 Å². The van der Waals surface area contributed by atoms with Gasteiger partial charge < -0.3 is 14.7 Å². The molecule has 0 bridgehead atoms. The van der Waals surface area contributed by atoms with Crippen LogP contribution in [0, 0.1) is 18.7 Å². The summed E-state index contributed by atoms with van der Waals surface area (Å²) >= 11 is 0. The van der Waals surface area contributed by atoms with E-state index < -0.39 is 0 Å². The van der Waals surface area contributed by atoms with E-state index in [1.807, 2.05) is 6.07 Å². The predicted molar refractivity (Wildman–Crippen MR) is 108 cm³/mol. The molecule has 0 radical (unpaired) electrons. The lowest BCUT2D eigenvalue weighted by Crippen LogP contribution is -2.44. The van der Waals surface area contributed by atoms with Crippen LogP contribution in [0.4, 0.5) is 10.2 Å². The number of pyridine rings is 1. The van der Waals surface area contributed by atoms with Gasteiger partial charge in [-0.2, -0.15) is 4.98 Å². The van der Waals surface area contributed by atoms with Crippen LogP contribution in [0.2, 0.25) is 0 Å². The van der Waals surface area contributed by atoms with E-state index in [4.69, 9.17) is 9.51 Å². The maximum Gasteiger partial charge on any atom is 0.261 e. The van der Waals surface area contributed by atoms with Crippen molar-refractivity contribution in [2.45, 2.75) is 39.7 Å². The Bertz CT molecular complexity index is 963. The van der Waals surface area contributed by atoms with Crippen LogP contribution in [0.15, 0.2) is 28.8 Å². The summed E-state index contributed by atoms with van der Waals surface area (Å²) in [6, 6.07) is 7.13. The first kappa shape index (κ1) is 18.8. The SMILES string of the molecule is Cc1noc(-c2cc3ccc(F)cc3nc2N2CCC(NCC(C)C)CC2)n1. The first-order valence-electron chi connectivity index (χ1n) is 9.89. The number of nitrogens with one attached hydrogen (secondary N) is 1. The summed E-state index contributed by atoms with van der Waals surface area (Å²) in [4.78, 5) is 11.4. The summed E-state index contributed by atoms with van der Waals surface area (Å²) in [7, 11) is 0. The van der Waals surface area contributed by atoms with Crippen LogP contribution in [0.3, 0.4) is 0 Å². The first-order valence-corrected chi connectivity index (χ1v) is 9.89. The zero-order chi connectivity index (χ0) is 19.7. The largest absolute Gasteiger partial charge is 0.356 e. The molecule has 0 saturated carbocycles. The lowest BCUT2D eigenvalue weighted by Gasteiger charge is -2.34. The number of rotatable bonds is 5. The lowest BCUT2D eigenvalue weighted by molar-refractivity contribution is 0.391. The fraction of sp³-hybridized carbons (Fsp3) is 0.476. The van der Waals surface area contributed by atoms with Crippen LogP contribution in [-0.2, 0) is 0 Å². The summed E-state index contributed by atoms with van der Waals surface area (Å²) in [5.74, 6) is 2.17. The number of hydrogen-bond acceptors (Lipinski definition) is 6. The van der Waals surface area contributed by atoms with Crippen LogP contribution in [-0.4, -0.2) is 40.8 Å². The molecule has 2 aromatic heterocycles. The third kappa shape index (κ3) is 3.99. The summed E-state index contributed by atoms with van der Waals surface area (Å²) < 4.78 is 19.2. The molecule has 0 atom stereocenters. The Morgan fingerprint density at radius 1 is 1.21 bits per heavy atom. The summed E-state index contributed by atoms with van der Waals surface area (Å²) in [6.07, 6.45) is 2.08. The molecule has 3 aromatic rings. The minimum Gasteiger partial charge on any atom is -0.356 e. The molecular formula is C21H26FN5O. The molecule has 0 amide bonds. The molecule has 0 spiro atoms. The van der Waals surface area contributed by atoms with Gasteiger partial charge in [-0.15, -0.1) is 0 Å². The van der Waals surface area contributed by atoms with Gasteiger partial charge in [-0.05, 0) is 50.4 Å². The van der Waals surface area contributed by atoms with Gasteiger partial charge in [0.1, 0.15) is 11.6 Å². The molecule has 1 aromatic carbocycles. The molecule has 1 saturated heterocycles. The van der Waals surface area contributed by atoms with E-state index in [9.17, 15) is 4.39 Å². The van der Waals surface area contributed by atoms with Crippen molar-refractivity contribution < 1.29 is 8.91 Å². The number of aryl methyl sites for hydroxylation is 1. The van der Waals surface area contributed by atoms with Crippen LogP contribution in [0.1, 0.15) is 32.5 Å². The molecular weight excluding hydrogens is 357 g/mol. The van der Waals surface area contributed by atoms with Crippen molar-refractivity contribution >= 4 is 16.7 Å². The average molecular weight is 383 g/mol. The number of aromatic nitrogens is 3. The highest BCUT2D eigenvalue weighted by atomic mass is 19.1. The molecule has 0 unspecified atom stereocenters. The molecule has 0 aliphatic carbocycles. The van der Waals surface area contributed by atoms with Gasteiger partial charge in [-0.3, -0.25) is 0 Å². The Labute approximate surface area is 164 Å². The second-order valence-electron chi connectivity index (χ2n) is 7.91. The normalized spacial score (nSPS) is 15.7. The Morgan fingerprint density at radius 3 is 2.68 bits per heavy atom. The van der Waals surface area contributed by atoms with Crippen molar-refractivity contribution in [2.24, 2.45) is 5.92 Å². The second-order valence-corrected chi connectivity index (χ2v) is 7.91. The highest BCUT2D eigenvalue weighted by Crippen LogP contribution is 2.33. The molecule has 4 rings (SSSR count). The molecule has 7 heteroatoms. The van der Waals surface area contributed by atoms with Crippen molar-refractivity contribution in [2.75, 3.05) is 24.5 Å². The average Bonchev–Trinajstić information content (AvgIpc) is 3.12. The molecule has 28 heavy (non-hydrogen) atoms. The number of nitrogens with zero attached hydrogens (tertiary/aromatic N) is 4. The third-order valence-electron chi connectivity index (χ3n) is 5.13. The summed E-state index contributed by atoms with van der Waals surface area (Å²) in [5.41, 5.74) is 1.43. The van der Waals surface area contributed by atoms with E-state index in [1.54, 1.807) is 13.0 Å². The maximum atomic E-state index is 13.7. The topological polar surface area (TPSA) is 67.1 Å². The monoisotopic (exact) mass is 383 g/mol. The van der Waals surface area contributed by atoms with Crippen molar-refractivity contribution in [3.05, 3.63) is 35.9 Å². The van der Waals surface area contributed by atoms with Gasteiger partial charge in [0.15, 0.2) is 5.82 Å². The molecule has 1 fully saturated rings. The Morgan fingerprint density at radius 2 is 2.00 bits per heavy atom. The number of benzene rings is 1. The van der Waals surface area contributed by atoms with E-state index in [0.717, 1.165) is 49.2 Å². The minimum atomic E-state index is -0.288. The Kier molecular flexibility index (Phi) is 5.26. The van der Waals surface area contributed by atoms with Gasteiger partial charge in [-0.25, -0.2) is 9.37 Å². The lowest BCUT2D eigenvalue weighted by atomic mass is 10.0. The van der Waals surface area contributed by atoms with Crippen molar-refractivity contribution in [3.8, 4) is 11.5 Å². The van der Waals surface area contributed by atoms with E-state index in [-0.39, 0.29) is 5.82 Å². The quantitative estimate of drug-likeness (QED) is 0.720. The van der Waals surface area contributed by atoms with E-state index in [0.29, 0.717) is 29.2 Å². The fourth-order valence-corrected chi connectivity index (χ4v) is 3.63. The minimum absolute atomic E-state index is 0.288. The van der Waals surface area contributed by atoms with E-state index >= 15 is 0 Å². The molecule has 1 N–H and O–H groups in total. The van der Waals surface area contributed by atoms with Gasteiger partial charge >= 0.3 is 0 Å². The molecule has 148 valence electrons. The number of hydrogen-bond donors (Lipinski definition) is 1. The summed E-state index contributed by atoms with van der Waals surface area (Å²) in [5, 5.41) is 8.42. The first-order chi connectivity index (χ1) is 13.5. The summed E-state index contributed by atoms with van der Waals surface area (Å²) in [6.45, 7) is 9.03. The standard InChI is InChI=1S/C21H26FN5O/c1-13(2)12-23-17-6-8-27(9-7-17)20-18(21-24-14(3)26-28-21)10-15-4-5-16(22)11-19(15)25-20/h4-5,10-11,13,17,23H,6-9,12H2,1-3H3. The highest BCUT2D eigenvalue weighted by molar-refractivity contribution is 5.88. The van der Waals surface area contributed by atoms with Crippen LogP contribution < -0.4 is 10.2 Å². The molecule has 1 aliphatic rings. The highest BCUT2D eigenvalue weighted by Gasteiger charge is 2.25. The van der Waals surface area contributed by atoms with Crippen LogP contribution in [0.25, 0.3) is 22.4 Å². The number of fused-ring (bicyclic) bond motifs is 1. The van der Waals surface area contributed by atoms with Gasteiger partial charge in [-0.1, -0.05) is 19.0 Å². The van der Waals surface area contributed by atoms with E-state index in [2.05, 4.69) is 34.2 Å². The smallest absolute Gasteiger partial charge is 0.261 e.